The molecule has 1 aromatic carbocycles. The second-order valence-electron chi connectivity index (χ2n) is 2.35. The van der Waals surface area contributed by atoms with Gasteiger partial charge < -0.3 is 0 Å². The van der Waals surface area contributed by atoms with Gasteiger partial charge in [-0.25, -0.2) is 4.39 Å². The van der Waals surface area contributed by atoms with Crippen LogP contribution in [-0.2, 0) is 5.75 Å². The number of halogens is 1. The minimum Gasteiger partial charge on any atom is -0.207 e. The first-order valence-electron chi connectivity index (χ1n) is 3.45. The summed E-state index contributed by atoms with van der Waals surface area (Å²) in [5.74, 6) is 0.379. The topological polar surface area (TPSA) is 23.8 Å². The van der Waals surface area contributed by atoms with E-state index in [-0.39, 0.29) is 5.82 Å². The fourth-order valence-electron chi connectivity index (χ4n) is 0.910. The quantitative estimate of drug-likeness (QED) is 0.700. The Kier molecular flexibility index (Phi) is 3.12. The molecule has 3 heteroatoms. The van der Waals surface area contributed by atoms with Crippen LogP contribution in [-0.4, -0.2) is 6.26 Å². The Hall–Kier alpha value is -1.01. The molecule has 0 aliphatic heterocycles. The van der Waals surface area contributed by atoms with E-state index < -0.39 is 0 Å². The van der Waals surface area contributed by atoms with Crippen LogP contribution in [0.4, 0.5) is 4.39 Å². The molecule has 0 aliphatic rings. The molecule has 0 radical (unpaired) electrons. The Bertz CT molecular complexity index is 317. The van der Waals surface area contributed by atoms with Crippen LogP contribution in [0.1, 0.15) is 11.1 Å². The number of thioether (sulfide) groups is 1. The molecule has 0 saturated carbocycles. The van der Waals surface area contributed by atoms with E-state index in [1.807, 2.05) is 12.3 Å². The Morgan fingerprint density at radius 1 is 1.58 bits per heavy atom. The normalized spacial score (nSPS) is 9.42. The maximum Gasteiger partial charge on any atom is 0.127 e. The molecule has 1 aromatic rings. The standard InChI is InChI=1S/C9H8FNS/c1-12-6-8-4-7(5-11)2-3-9(8)10/h2-4H,6H2,1H3. The highest BCUT2D eigenvalue weighted by molar-refractivity contribution is 7.97. The highest BCUT2D eigenvalue weighted by atomic mass is 32.2. The molecule has 0 aliphatic carbocycles. The summed E-state index contributed by atoms with van der Waals surface area (Å²) in [4.78, 5) is 0. The number of nitrogens with zero attached hydrogens (tertiary/aromatic N) is 1. The first kappa shape index (κ1) is 9.08. The largest absolute Gasteiger partial charge is 0.207 e. The van der Waals surface area contributed by atoms with Crippen LogP contribution in [0.5, 0.6) is 0 Å². The van der Waals surface area contributed by atoms with Gasteiger partial charge in [0, 0.05) is 5.75 Å². The number of benzene rings is 1. The van der Waals surface area contributed by atoms with Gasteiger partial charge in [-0.3, -0.25) is 0 Å². The molecule has 0 heterocycles. The third-order valence-electron chi connectivity index (χ3n) is 1.47. The fraction of sp³-hybridized carbons (Fsp3) is 0.222. The lowest BCUT2D eigenvalue weighted by atomic mass is 10.1. The summed E-state index contributed by atoms with van der Waals surface area (Å²) >= 11 is 1.54. The predicted octanol–water partition coefficient (Wildman–Crippen LogP) is 2.56. The minimum absolute atomic E-state index is 0.233. The van der Waals surface area contributed by atoms with Gasteiger partial charge in [-0.2, -0.15) is 17.0 Å². The van der Waals surface area contributed by atoms with E-state index in [1.165, 1.54) is 23.9 Å². The summed E-state index contributed by atoms with van der Waals surface area (Å²) in [6.07, 6.45) is 1.90. The maximum atomic E-state index is 13.0. The van der Waals surface area contributed by atoms with Gasteiger partial charge in [0.25, 0.3) is 0 Å². The molecule has 1 nitrogen and oxygen atoms in total. The van der Waals surface area contributed by atoms with Crippen molar-refractivity contribution in [3.8, 4) is 6.07 Å². The van der Waals surface area contributed by atoms with Crippen molar-refractivity contribution in [3.63, 3.8) is 0 Å². The molecule has 0 amide bonds. The molecule has 0 fully saturated rings. The van der Waals surface area contributed by atoms with Gasteiger partial charge in [0.05, 0.1) is 11.6 Å². The Labute approximate surface area is 75.2 Å². The highest BCUT2D eigenvalue weighted by Gasteiger charge is 2.01. The van der Waals surface area contributed by atoms with Crippen molar-refractivity contribution in [3.05, 3.63) is 35.1 Å². The average Bonchev–Trinajstić information content (AvgIpc) is 2.09. The second-order valence-corrected chi connectivity index (χ2v) is 3.22. The zero-order valence-electron chi connectivity index (χ0n) is 6.67. The van der Waals surface area contributed by atoms with Crippen molar-refractivity contribution in [2.24, 2.45) is 0 Å². The average molecular weight is 181 g/mol. The lowest BCUT2D eigenvalue weighted by Crippen LogP contribution is -1.88. The molecule has 0 aromatic heterocycles. The molecule has 1 rings (SSSR count). The van der Waals surface area contributed by atoms with Gasteiger partial charge in [-0.1, -0.05) is 0 Å². The summed E-state index contributed by atoms with van der Waals surface area (Å²) < 4.78 is 13.0. The zero-order chi connectivity index (χ0) is 8.97. The SMILES string of the molecule is CSCc1cc(C#N)ccc1F. The van der Waals surface area contributed by atoms with Gasteiger partial charge in [-0.05, 0) is 30.0 Å². The summed E-state index contributed by atoms with van der Waals surface area (Å²) in [6, 6.07) is 6.39. The van der Waals surface area contributed by atoms with E-state index in [0.717, 1.165) is 0 Å². The van der Waals surface area contributed by atoms with Crippen molar-refractivity contribution in [2.75, 3.05) is 6.26 Å². The second kappa shape index (κ2) is 4.13. The van der Waals surface area contributed by atoms with Gasteiger partial charge in [-0.15, -0.1) is 0 Å². The van der Waals surface area contributed by atoms with Crippen molar-refractivity contribution >= 4 is 11.8 Å². The summed E-state index contributed by atoms with van der Waals surface area (Å²) in [5.41, 5.74) is 1.11. The van der Waals surface area contributed by atoms with E-state index in [9.17, 15) is 4.39 Å². The van der Waals surface area contributed by atoms with E-state index in [2.05, 4.69) is 0 Å². The smallest absolute Gasteiger partial charge is 0.127 e. The van der Waals surface area contributed by atoms with Crippen LogP contribution < -0.4 is 0 Å². The van der Waals surface area contributed by atoms with E-state index in [1.54, 1.807) is 6.07 Å². The maximum absolute atomic E-state index is 13.0. The Morgan fingerprint density at radius 3 is 2.92 bits per heavy atom. The van der Waals surface area contributed by atoms with Crippen molar-refractivity contribution < 1.29 is 4.39 Å². The lowest BCUT2D eigenvalue weighted by molar-refractivity contribution is 0.617. The molecular formula is C9H8FNS. The summed E-state index contributed by atoms with van der Waals surface area (Å²) in [5, 5.41) is 8.54. The van der Waals surface area contributed by atoms with E-state index in [4.69, 9.17) is 5.26 Å². The molecule has 0 N–H and O–H groups in total. The minimum atomic E-state index is -0.233. The molecule has 0 atom stereocenters. The van der Waals surface area contributed by atoms with Gasteiger partial charge in [0.1, 0.15) is 5.82 Å². The number of hydrogen-bond donors (Lipinski definition) is 0. The summed E-state index contributed by atoms with van der Waals surface area (Å²) in [7, 11) is 0. The molecule has 0 unspecified atom stereocenters. The van der Waals surface area contributed by atoms with E-state index in [0.29, 0.717) is 16.9 Å². The van der Waals surface area contributed by atoms with Crippen LogP contribution in [0, 0.1) is 17.1 Å². The zero-order valence-corrected chi connectivity index (χ0v) is 7.49. The first-order valence-corrected chi connectivity index (χ1v) is 4.84. The van der Waals surface area contributed by atoms with Crippen LogP contribution in [0.2, 0.25) is 0 Å². The van der Waals surface area contributed by atoms with E-state index >= 15 is 0 Å². The Balaban J connectivity index is 3.01. The van der Waals surface area contributed by atoms with Crippen LogP contribution in [0.15, 0.2) is 18.2 Å². The van der Waals surface area contributed by atoms with Crippen LogP contribution in [0.3, 0.4) is 0 Å². The highest BCUT2D eigenvalue weighted by Crippen LogP contribution is 2.14. The van der Waals surface area contributed by atoms with Gasteiger partial charge in [0.2, 0.25) is 0 Å². The first-order chi connectivity index (χ1) is 5.77. The van der Waals surface area contributed by atoms with Crippen molar-refractivity contribution in [1.29, 1.82) is 5.26 Å². The molecular weight excluding hydrogens is 173 g/mol. The number of rotatable bonds is 2. The fourth-order valence-corrected chi connectivity index (χ4v) is 1.44. The molecule has 0 saturated heterocycles. The summed E-state index contributed by atoms with van der Waals surface area (Å²) in [6.45, 7) is 0. The monoisotopic (exact) mass is 181 g/mol. The number of nitriles is 1. The van der Waals surface area contributed by atoms with Gasteiger partial charge in [0.15, 0.2) is 0 Å². The third kappa shape index (κ3) is 1.99. The molecule has 0 spiro atoms. The van der Waals surface area contributed by atoms with Gasteiger partial charge >= 0.3 is 0 Å². The Morgan fingerprint density at radius 2 is 2.33 bits per heavy atom. The number of hydrogen-bond acceptors (Lipinski definition) is 2. The van der Waals surface area contributed by atoms with Crippen molar-refractivity contribution in [1.82, 2.24) is 0 Å². The molecule has 62 valence electrons. The van der Waals surface area contributed by atoms with Crippen LogP contribution >= 0.6 is 11.8 Å². The lowest BCUT2D eigenvalue weighted by Gasteiger charge is -1.99. The molecule has 12 heavy (non-hydrogen) atoms. The predicted molar refractivity (Wildman–Crippen MR) is 48.3 cm³/mol. The van der Waals surface area contributed by atoms with Crippen LogP contribution in [0.25, 0.3) is 0 Å². The third-order valence-corrected chi connectivity index (χ3v) is 2.07. The molecule has 0 bridgehead atoms. The van der Waals surface area contributed by atoms with Crippen molar-refractivity contribution in [2.45, 2.75) is 5.75 Å².